The van der Waals surface area contributed by atoms with E-state index in [-0.39, 0.29) is 22.6 Å². The highest BCUT2D eigenvalue weighted by molar-refractivity contribution is 6.04. The van der Waals surface area contributed by atoms with Crippen LogP contribution in [-0.4, -0.2) is 48.7 Å². The van der Waals surface area contributed by atoms with Crippen molar-refractivity contribution in [1.82, 2.24) is 10.9 Å². The molecule has 4 N–H and O–H groups in total. The number of methoxy groups -OCH3 is 2. The average Bonchev–Trinajstić information content (AvgIpc) is 3.12. The van der Waals surface area contributed by atoms with E-state index in [1.807, 2.05) is 72.8 Å². The van der Waals surface area contributed by atoms with Crippen molar-refractivity contribution in [2.45, 2.75) is 0 Å². The number of nitrogens with one attached hydrogen (secondary N) is 2. The molecule has 0 aromatic heterocycles. The highest BCUT2D eigenvalue weighted by atomic mass is 16.5. The van der Waals surface area contributed by atoms with E-state index in [1.165, 1.54) is 24.3 Å². The number of hydrogen-bond acceptors (Lipinski definition) is 8. The van der Waals surface area contributed by atoms with E-state index in [0.29, 0.717) is 11.5 Å². The Kier molecular flexibility index (Phi) is 10.6. The number of carbonyl (C=O) groups is 2. The lowest BCUT2D eigenvalue weighted by molar-refractivity contribution is 0.0944. The lowest BCUT2D eigenvalue weighted by Gasteiger charge is -2.08. The fourth-order valence-electron chi connectivity index (χ4n) is 4.94. The summed E-state index contributed by atoms with van der Waals surface area (Å²) in [6, 6.07) is 35.9. The minimum Gasteiger partial charge on any atom is -0.507 e. The maximum absolute atomic E-state index is 12.1. The molecule has 2 amide bonds. The lowest BCUT2D eigenvalue weighted by Crippen LogP contribution is -2.17. The van der Waals surface area contributed by atoms with Gasteiger partial charge in [-0.2, -0.15) is 10.2 Å². The van der Waals surface area contributed by atoms with Crippen molar-refractivity contribution >= 4 is 45.8 Å². The molecule has 0 unspecified atom stereocenters. The number of phenols is 2. The van der Waals surface area contributed by atoms with Crippen molar-refractivity contribution in [3.05, 3.63) is 144 Å². The first-order valence-electron chi connectivity index (χ1n) is 14.8. The SMILES string of the molecule is COc1ccc2ccccc2c1/C=N/NC(=O)c1ccccc1O.COc1ccc2ccccc2c1/C=N\NC(=O)c1ccccc1O. The van der Waals surface area contributed by atoms with Gasteiger partial charge in [0.05, 0.1) is 37.8 Å². The van der Waals surface area contributed by atoms with Gasteiger partial charge in [-0.15, -0.1) is 0 Å². The summed E-state index contributed by atoms with van der Waals surface area (Å²) in [4.78, 5) is 24.1. The quantitative estimate of drug-likeness (QED) is 0.109. The van der Waals surface area contributed by atoms with Crippen molar-refractivity contribution in [2.24, 2.45) is 10.2 Å². The number of benzene rings is 6. The van der Waals surface area contributed by atoms with E-state index < -0.39 is 11.8 Å². The van der Waals surface area contributed by atoms with Gasteiger partial charge < -0.3 is 19.7 Å². The summed E-state index contributed by atoms with van der Waals surface area (Å²) >= 11 is 0. The number of hydrogen-bond donors (Lipinski definition) is 4. The van der Waals surface area contributed by atoms with Crippen LogP contribution in [0.15, 0.2) is 132 Å². The summed E-state index contributed by atoms with van der Waals surface area (Å²) in [7, 11) is 3.17. The molecular weight excluding hydrogens is 608 g/mol. The Morgan fingerprint density at radius 1 is 0.542 bits per heavy atom. The van der Waals surface area contributed by atoms with Crippen LogP contribution in [0.4, 0.5) is 0 Å². The molecule has 0 aliphatic heterocycles. The number of carbonyl (C=O) groups excluding carboxylic acids is 2. The van der Waals surface area contributed by atoms with Crippen LogP contribution in [-0.2, 0) is 0 Å². The van der Waals surface area contributed by atoms with Gasteiger partial charge in [0.1, 0.15) is 23.0 Å². The van der Waals surface area contributed by atoms with Crippen molar-refractivity contribution in [3.8, 4) is 23.0 Å². The molecule has 10 nitrogen and oxygen atoms in total. The topological polar surface area (TPSA) is 142 Å². The fourth-order valence-corrected chi connectivity index (χ4v) is 4.94. The zero-order valence-electron chi connectivity index (χ0n) is 26.1. The Morgan fingerprint density at radius 2 is 0.917 bits per heavy atom. The molecule has 10 heteroatoms. The van der Waals surface area contributed by atoms with Gasteiger partial charge in [-0.25, -0.2) is 10.9 Å². The smallest absolute Gasteiger partial charge is 0.275 e. The first kappa shape index (κ1) is 32.7. The van der Waals surface area contributed by atoms with Gasteiger partial charge in [0.2, 0.25) is 0 Å². The Bertz CT molecular complexity index is 1990. The second-order valence-corrected chi connectivity index (χ2v) is 10.2. The van der Waals surface area contributed by atoms with E-state index >= 15 is 0 Å². The predicted octanol–water partition coefficient (Wildman–Crippen LogP) is 6.64. The number of aromatic hydroxyl groups is 2. The van der Waals surface area contributed by atoms with Crippen LogP contribution in [0.2, 0.25) is 0 Å². The first-order chi connectivity index (χ1) is 23.4. The molecule has 6 rings (SSSR count). The van der Waals surface area contributed by atoms with E-state index in [1.54, 1.807) is 50.9 Å². The number of nitrogens with zero attached hydrogens (tertiary/aromatic N) is 2. The highest BCUT2D eigenvalue weighted by Crippen LogP contribution is 2.27. The molecule has 6 aromatic rings. The number of fused-ring (bicyclic) bond motifs is 2. The zero-order chi connectivity index (χ0) is 33.9. The molecule has 0 bridgehead atoms. The molecule has 6 aromatic carbocycles. The maximum atomic E-state index is 12.1. The van der Waals surface area contributed by atoms with E-state index in [9.17, 15) is 19.8 Å². The summed E-state index contributed by atoms with van der Waals surface area (Å²) in [5.41, 5.74) is 6.71. The molecule has 0 spiro atoms. The van der Waals surface area contributed by atoms with Crippen LogP contribution in [0.1, 0.15) is 31.8 Å². The second-order valence-electron chi connectivity index (χ2n) is 10.2. The monoisotopic (exact) mass is 640 g/mol. The minimum atomic E-state index is -0.483. The first-order valence-corrected chi connectivity index (χ1v) is 14.8. The molecule has 0 saturated heterocycles. The highest BCUT2D eigenvalue weighted by Gasteiger charge is 2.11. The maximum Gasteiger partial charge on any atom is 0.275 e. The average molecular weight is 641 g/mol. The van der Waals surface area contributed by atoms with Gasteiger partial charge in [0.25, 0.3) is 11.8 Å². The van der Waals surface area contributed by atoms with Gasteiger partial charge >= 0.3 is 0 Å². The van der Waals surface area contributed by atoms with Crippen LogP contribution in [0.5, 0.6) is 23.0 Å². The molecule has 0 saturated carbocycles. The second kappa shape index (κ2) is 15.5. The third-order valence-corrected chi connectivity index (χ3v) is 7.32. The Morgan fingerprint density at radius 3 is 1.31 bits per heavy atom. The number of ether oxygens (including phenoxy) is 2. The van der Waals surface area contributed by atoms with Gasteiger partial charge in [0.15, 0.2) is 0 Å². The van der Waals surface area contributed by atoms with Crippen LogP contribution in [0, 0.1) is 0 Å². The standard InChI is InChI=1S/2C19H16N2O3/c2*1-24-18-11-10-13-6-2-3-7-14(13)16(18)12-20-21-19(23)15-8-4-5-9-17(15)22/h2*2-12,22H,1H3,(H,21,23)/b20-12+;20-12-. The van der Waals surface area contributed by atoms with Crippen molar-refractivity contribution < 1.29 is 29.3 Å². The molecule has 240 valence electrons. The van der Waals surface area contributed by atoms with Crippen LogP contribution >= 0.6 is 0 Å². The van der Waals surface area contributed by atoms with Gasteiger partial charge in [-0.3, -0.25) is 9.59 Å². The Hall–Kier alpha value is -6.68. The van der Waals surface area contributed by atoms with E-state index in [2.05, 4.69) is 21.1 Å². The predicted molar refractivity (Wildman–Crippen MR) is 187 cm³/mol. The van der Waals surface area contributed by atoms with Crippen molar-refractivity contribution in [3.63, 3.8) is 0 Å². The summed E-state index contributed by atoms with van der Waals surface area (Å²) in [6.07, 6.45) is 3.08. The third-order valence-electron chi connectivity index (χ3n) is 7.32. The largest absolute Gasteiger partial charge is 0.507 e. The molecule has 48 heavy (non-hydrogen) atoms. The minimum absolute atomic E-state index is 0.0899. The molecule has 0 atom stereocenters. The molecule has 0 radical (unpaired) electrons. The number of amides is 2. The fraction of sp³-hybridized carbons (Fsp3) is 0.0526. The summed E-state index contributed by atoms with van der Waals surface area (Å²) in [6.45, 7) is 0. The van der Waals surface area contributed by atoms with E-state index in [0.717, 1.165) is 32.7 Å². The zero-order valence-corrected chi connectivity index (χ0v) is 26.1. The molecule has 0 aliphatic rings. The summed E-state index contributed by atoms with van der Waals surface area (Å²) in [5, 5.41) is 31.4. The summed E-state index contributed by atoms with van der Waals surface area (Å²) < 4.78 is 10.7. The van der Waals surface area contributed by atoms with Gasteiger partial charge in [-0.05, 0) is 57.9 Å². The molecule has 0 aliphatic carbocycles. The van der Waals surface area contributed by atoms with Crippen LogP contribution in [0.25, 0.3) is 21.5 Å². The molecular formula is C38H32N4O6. The Labute approximate surface area is 276 Å². The van der Waals surface area contributed by atoms with Gasteiger partial charge in [0, 0.05) is 11.1 Å². The van der Waals surface area contributed by atoms with Crippen molar-refractivity contribution in [1.29, 1.82) is 0 Å². The van der Waals surface area contributed by atoms with Crippen LogP contribution in [0.3, 0.4) is 0 Å². The summed E-state index contributed by atoms with van der Waals surface area (Å²) in [5.74, 6) is 0.177. The normalized spacial score (nSPS) is 10.9. The third kappa shape index (κ3) is 7.57. The number of hydrazone groups is 2. The molecule has 0 fully saturated rings. The number of para-hydroxylation sites is 2. The van der Waals surface area contributed by atoms with Crippen molar-refractivity contribution in [2.75, 3.05) is 14.2 Å². The number of rotatable bonds is 8. The van der Waals surface area contributed by atoms with E-state index in [4.69, 9.17) is 9.47 Å². The van der Waals surface area contributed by atoms with Crippen LogP contribution < -0.4 is 20.3 Å². The van der Waals surface area contributed by atoms with Gasteiger partial charge in [-0.1, -0.05) is 84.9 Å². The Balaban J connectivity index is 0.000000188. The molecule has 0 heterocycles. The lowest BCUT2D eigenvalue weighted by atomic mass is 10.0. The number of phenolic OH excluding ortho intramolecular Hbond substituents is 2.